The summed E-state index contributed by atoms with van der Waals surface area (Å²) in [4.78, 5) is 17.0. The Morgan fingerprint density at radius 3 is 2.41 bits per heavy atom. The standard InChI is InChI=1S/C25H34N2O2/c1-20(2)23-12-10-22(11-13-23)18-27-16-7-15-25(29,24(27)28)19-26(3)17-14-21-8-5-4-6-9-21/h4-6,8-13,20,29H,7,14-19H2,1-3H3. The van der Waals surface area contributed by atoms with Gasteiger partial charge in [0.05, 0.1) is 0 Å². The van der Waals surface area contributed by atoms with Gasteiger partial charge in [-0.2, -0.15) is 0 Å². The number of amides is 1. The maximum atomic E-state index is 13.1. The molecule has 1 amide bonds. The van der Waals surface area contributed by atoms with Crippen LogP contribution in [0.15, 0.2) is 54.6 Å². The van der Waals surface area contributed by atoms with Gasteiger partial charge in [0.15, 0.2) is 5.60 Å². The zero-order chi connectivity index (χ0) is 20.9. The molecule has 0 bridgehead atoms. The third-order valence-electron chi connectivity index (χ3n) is 5.88. The van der Waals surface area contributed by atoms with Crippen molar-refractivity contribution in [3.8, 4) is 0 Å². The molecule has 1 aliphatic rings. The first-order chi connectivity index (χ1) is 13.9. The van der Waals surface area contributed by atoms with E-state index < -0.39 is 5.60 Å². The Labute approximate surface area is 175 Å². The summed E-state index contributed by atoms with van der Waals surface area (Å²) in [7, 11) is 1.98. The number of piperidine rings is 1. The maximum Gasteiger partial charge on any atom is 0.256 e. The second-order valence-electron chi connectivity index (χ2n) is 8.73. The minimum Gasteiger partial charge on any atom is -0.379 e. The van der Waals surface area contributed by atoms with Crippen LogP contribution in [0.4, 0.5) is 0 Å². The molecule has 3 rings (SSSR count). The van der Waals surface area contributed by atoms with Crippen molar-refractivity contribution in [2.24, 2.45) is 0 Å². The highest BCUT2D eigenvalue weighted by Crippen LogP contribution is 2.25. The predicted molar refractivity (Wildman–Crippen MR) is 118 cm³/mol. The second-order valence-corrected chi connectivity index (χ2v) is 8.73. The lowest BCUT2D eigenvalue weighted by Gasteiger charge is -2.40. The van der Waals surface area contributed by atoms with Gasteiger partial charge in [0.25, 0.3) is 5.91 Å². The number of hydrogen-bond donors (Lipinski definition) is 1. The van der Waals surface area contributed by atoms with Gasteiger partial charge in [0, 0.05) is 26.2 Å². The molecule has 1 saturated heterocycles. The number of carbonyl (C=O) groups is 1. The Morgan fingerprint density at radius 1 is 1.07 bits per heavy atom. The minimum absolute atomic E-state index is 0.136. The average molecular weight is 395 g/mol. The molecule has 156 valence electrons. The number of nitrogens with zero attached hydrogens (tertiary/aromatic N) is 2. The highest BCUT2D eigenvalue weighted by Gasteiger charge is 2.42. The molecule has 4 nitrogen and oxygen atoms in total. The third kappa shape index (κ3) is 5.68. The van der Waals surface area contributed by atoms with Crippen molar-refractivity contribution >= 4 is 5.91 Å². The number of likely N-dealkylation sites (tertiary alicyclic amines) is 1. The first kappa shape index (κ1) is 21.5. The summed E-state index contributed by atoms with van der Waals surface area (Å²) in [6, 6.07) is 18.8. The molecular formula is C25H34N2O2. The van der Waals surface area contributed by atoms with Crippen molar-refractivity contribution in [2.75, 3.05) is 26.7 Å². The molecule has 1 heterocycles. The number of benzene rings is 2. The van der Waals surface area contributed by atoms with Crippen molar-refractivity contribution in [3.63, 3.8) is 0 Å². The fraction of sp³-hybridized carbons (Fsp3) is 0.480. The summed E-state index contributed by atoms with van der Waals surface area (Å²) >= 11 is 0. The zero-order valence-electron chi connectivity index (χ0n) is 18.0. The summed E-state index contributed by atoms with van der Waals surface area (Å²) in [6.45, 7) is 6.82. The first-order valence-electron chi connectivity index (χ1n) is 10.7. The lowest BCUT2D eigenvalue weighted by atomic mass is 9.90. The molecule has 2 aromatic carbocycles. The first-order valence-corrected chi connectivity index (χ1v) is 10.7. The Kier molecular flexibility index (Phi) is 7.09. The van der Waals surface area contributed by atoms with Gasteiger partial charge in [-0.25, -0.2) is 0 Å². The van der Waals surface area contributed by atoms with Gasteiger partial charge in [0.1, 0.15) is 0 Å². The fourth-order valence-corrected chi connectivity index (χ4v) is 4.08. The van der Waals surface area contributed by atoms with Crippen LogP contribution in [0.3, 0.4) is 0 Å². The van der Waals surface area contributed by atoms with Gasteiger partial charge >= 0.3 is 0 Å². The topological polar surface area (TPSA) is 43.8 Å². The molecule has 29 heavy (non-hydrogen) atoms. The van der Waals surface area contributed by atoms with Crippen molar-refractivity contribution in [3.05, 3.63) is 71.3 Å². The largest absolute Gasteiger partial charge is 0.379 e. The predicted octanol–water partition coefficient (Wildman–Crippen LogP) is 3.84. The molecule has 4 heteroatoms. The van der Waals surface area contributed by atoms with E-state index in [1.165, 1.54) is 11.1 Å². The van der Waals surface area contributed by atoms with Crippen LogP contribution in [0.5, 0.6) is 0 Å². The quantitative estimate of drug-likeness (QED) is 0.740. The molecule has 1 fully saturated rings. The molecular weight excluding hydrogens is 360 g/mol. The molecule has 0 spiro atoms. The lowest BCUT2D eigenvalue weighted by Crippen LogP contribution is -2.58. The molecule has 1 aliphatic heterocycles. The summed E-state index contributed by atoms with van der Waals surface area (Å²) in [6.07, 6.45) is 2.27. The van der Waals surface area contributed by atoms with E-state index in [1.54, 1.807) is 0 Å². The van der Waals surface area contributed by atoms with Crippen molar-refractivity contribution < 1.29 is 9.90 Å². The van der Waals surface area contributed by atoms with Crippen LogP contribution in [0.2, 0.25) is 0 Å². The summed E-state index contributed by atoms with van der Waals surface area (Å²) in [5.74, 6) is 0.362. The molecule has 0 saturated carbocycles. The van der Waals surface area contributed by atoms with Gasteiger partial charge in [0.2, 0.25) is 0 Å². The average Bonchev–Trinajstić information content (AvgIpc) is 2.71. The third-order valence-corrected chi connectivity index (χ3v) is 5.88. The van der Waals surface area contributed by atoms with Gasteiger partial charge < -0.3 is 14.9 Å². The van der Waals surface area contributed by atoms with Crippen LogP contribution in [0, 0.1) is 0 Å². The van der Waals surface area contributed by atoms with Crippen LogP contribution >= 0.6 is 0 Å². The molecule has 1 N–H and O–H groups in total. The van der Waals surface area contributed by atoms with E-state index in [0.29, 0.717) is 32.0 Å². The van der Waals surface area contributed by atoms with Gasteiger partial charge in [-0.3, -0.25) is 4.79 Å². The summed E-state index contributed by atoms with van der Waals surface area (Å²) in [5.41, 5.74) is 2.40. The highest BCUT2D eigenvalue weighted by atomic mass is 16.3. The lowest BCUT2D eigenvalue weighted by molar-refractivity contribution is -0.159. The summed E-state index contributed by atoms with van der Waals surface area (Å²) in [5, 5.41) is 11.1. The SMILES string of the molecule is CC(C)c1ccc(CN2CCCC(O)(CN(C)CCc3ccccc3)C2=O)cc1. The molecule has 0 radical (unpaired) electrons. The van der Waals surface area contributed by atoms with E-state index in [4.69, 9.17) is 0 Å². The molecule has 1 unspecified atom stereocenters. The van der Waals surface area contributed by atoms with Crippen LogP contribution < -0.4 is 0 Å². The van der Waals surface area contributed by atoms with E-state index in [-0.39, 0.29) is 5.91 Å². The minimum atomic E-state index is -1.29. The van der Waals surface area contributed by atoms with Gasteiger partial charge in [-0.1, -0.05) is 68.4 Å². The zero-order valence-corrected chi connectivity index (χ0v) is 18.0. The summed E-state index contributed by atoms with van der Waals surface area (Å²) < 4.78 is 0. The van der Waals surface area contributed by atoms with E-state index in [0.717, 1.165) is 24.9 Å². The van der Waals surface area contributed by atoms with Crippen LogP contribution in [0.25, 0.3) is 0 Å². The van der Waals surface area contributed by atoms with Gasteiger partial charge in [-0.15, -0.1) is 0 Å². The molecule has 2 aromatic rings. The molecule has 0 aliphatic carbocycles. The second kappa shape index (κ2) is 9.55. The Bertz CT molecular complexity index is 788. The maximum absolute atomic E-state index is 13.1. The van der Waals surface area contributed by atoms with Crippen molar-refractivity contribution in [1.82, 2.24) is 9.80 Å². The van der Waals surface area contributed by atoms with Crippen LogP contribution in [-0.4, -0.2) is 53.1 Å². The number of aliphatic hydroxyl groups is 1. The Balaban J connectivity index is 1.58. The van der Waals surface area contributed by atoms with Crippen LogP contribution in [0.1, 0.15) is 49.3 Å². The number of carbonyl (C=O) groups excluding carboxylic acids is 1. The monoisotopic (exact) mass is 394 g/mol. The van der Waals surface area contributed by atoms with E-state index in [1.807, 2.05) is 30.1 Å². The highest BCUT2D eigenvalue weighted by molar-refractivity contribution is 5.86. The van der Waals surface area contributed by atoms with Crippen LogP contribution in [-0.2, 0) is 17.8 Å². The number of likely N-dealkylation sites (N-methyl/N-ethyl adjacent to an activating group) is 1. The smallest absolute Gasteiger partial charge is 0.256 e. The molecule has 0 aromatic heterocycles. The van der Waals surface area contributed by atoms with Gasteiger partial charge in [-0.05, 0) is 48.9 Å². The fourth-order valence-electron chi connectivity index (χ4n) is 4.08. The number of rotatable bonds is 8. The van der Waals surface area contributed by atoms with E-state index >= 15 is 0 Å². The van der Waals surface area contributed by atoms with Crippen molar-refractivity contribution in [2.45, 2.75) is 51.2 Å². The van der Waals surface area contributed by atoms with Crippen molar-refractivity contribution in [1.29, 1.82) is 0 Å². The molecule has 1 atom stereocenters. The Hall–Kier alpha value is -2.17. The van der Waals surface area contributed by atoms with E-state index in [2.05, 4.69) is 55.1 Å². The normalized spacial score (nSPS) is 19.9. The Morgan fingerprint density at radius 2 is 1.76 bits per heavy atom. The number of hydrogen-bond acceptors (Lipinski definition) is 3. The van der Waals surface area contributed by atoms with E-state index in [9.17, 15) is 9.90 Å².